The van der Waals surface area contributed by atoms with Crippen molar-refractivity contribution in [3.05, 3.63) is 126 Å². The summed E-state index contributed by atoms with van der Waals surface area (Å²) in [6.45, 7) is 0.565. The molecule has 0 unspecified atom stereocenters. The first-order valence-electron chi connectivity index (χ1n) is 10.0. The number of H-pyrrole nitrogens is 1. The molecule has 5 nitrogen and oxygen atoms in total. The van der Waals surface area contributed by atoms with Crippen molar-refractivity contribution in [1.29, 1.82) is 0 Å². The molecule has 0 spiro atoms. The van der Waals surface area contributed by atoms with Gasteiger partial charge in [0.25, 0.3) is 0 Å². The fraction of sp³-hybridized carbons (Fsp3) is 0.120. The predicted octanol–water partition coefficient (Wildman–Crippen LogP) is 3.85. The Morgan fingerprint density at radius 1 is 0.833 bits per heavy atom. The van der Waals surface area contributed by atoms with Crippen LogP contribution in [0, 0.1) is 0 Å². The van der Waals surface area contributed by atoms with E-state index < -0.39 is 5.54 Å². The molecule has 4 N–H and O–H groups in total. The number of aromatic amines is 1. The number of nitrogens with one attached hydrogen (secondary N) is 2. The van der Waals surface area contributed by atoms with Gasteiger partial charge < -0.3 is 16.0 Å². The molecule has 1 heterocycles. The second-order valence-corrected chi connectivity index (χ2v) is 7.07. The summed E-state index contributed by atoms with van der Waals surface area (Å²) in [6.07, 6.45) is 4.23. The molecule has 0 saturated carbocycles. The minimum Gasteiger partial charge on any atom is -0.370 e. The van der Waals surface area contributed by atoms with Gasteiger partial charge in [-0.25, -0.2) is 4.98 Å². The van der Waals surface area contributed by atoms with Crippen LogP contribution in [0.15, 0.2) is 109 Å². The zero-order chi connectivity index (χ0) is 20.7. The molecule has 0 amide bonds. The van der Waals surface area contributed by atoms with Crippen LogP contribution in [0.2, 0.25) is 0 Å². The fourth-order valence-corrected chi connectivity index (χ4v) is 3.73. The number of hydrogen-bond acceptors (Lipinski definition) is 2. The van der Waals surface area contributed by atoms with Gasteiger partial charge in [0.1, 0.15) is 5.54 Å². The monoisotopic (exact) mass is 395 g/mol. The van der Waals surface area contributed by atoms with Crippen LogP contribution in [-0.2, 0) is 12.0 Å². The molecule has 1 aromatic heterocycles. The maximum Gasteiger partial charge on any atom is 0.189 e. The summed E-state index contributed by atoms with van der Waals surface area (Å²) in [5.74, 6) is 0.395. The number of hydrogen-bond donors (Lipinski definition) is 3. The van der Waals surface area contributed by atoms with Crippen LogP contribution in [0.3, 0.4) is 0 Å². The number of benzene rings is 3. The number of nitrogens with two attached hydrogens (primary N) is 1. The molecule has 30 heavy (non-hydrogen) atoms. The van der Waals surface area contributed by atoms with E-state index in [0.717, 1.165) is 28.8 Å². The van der Waals surface area contributed by atoms with Crippen molar-refractivity contribution in [1.82, 2.24) is 15.3 Å². The van der Waals surface area contributed by atoms with Crippen LogP contribution in [0.5, 0.6) is 0 Å². The van der Waals surface area contributed by atoms with Gasteiger partial charge in [-0.3, -0.25) is 4.99 Å². The molecule has 4 aromatic rings. The maximum atomic E-state index is 6.42. The zero-order valence-corrected chi connectivity index (χ0v) is 16.7. The fourth-order valence-electron chi connectivity index (χ4n) is 3.73. The highest BCUT2D eigenvalue weighted by atomic mass is 15.1. The minimum atomic E-state index is -0.661. The number of imidazole rings is 1. The summed E-state index contributed by atoms with van der Waals surface area (Å²) in [5.41, 5.74) is 10.1. The molecule has 0 aliphatic carbocycles. The van der Waals surface area contributed by atoms with Gasteiger partial charge in [0.2, 0.25) is 0 Å². The van der Waals surface area contributed by atoms with Gasteiger partial charge >= 0.3 is 0 Å². The third kappa shape index (κ3) is 4.10. The Labute approximate surface area is 176 Å². The summed E-state index contributed by atoms with van der Waals surface area (Å²) in [4.78, 5) is 11.7. The largest absolute Gasteiger partial charge is 0.370 e. The van der Waals surface area contributed by atoms with E-state index in [2.05, 4.69) is 56.7 Å². The number of aromatic nitrogens is 2. The molecular formula is C25H25N5. The zero-order valence-electron chi connectivity index (χ0n) is 16.7. The third-order valence-corrected chi connectivity index (χ3v) is 5.15. The van der Waals surface area contributed by atoms with Crippen LogP contribution in [-0.4, -0.2) is 22.5 Å². The first-order valence-corrected chi connectivity index (χ1v) is 10.0. The number of guanidine groups is 1. The van der Waals surface area contributed by atoms with E-state index in [1.807, 2.05) is 54.6 Å². The van der Waals surface area contributed by atoms with E-state index in [1.54, 1.807) is 12.5 Å². The Kier molecular flexibility index (Phi) is 5.90. The molecule has 3 aromatic carbocycles. The van der Waals surface area contributed by atoms with Crippen LogP contribution >= 0.6 is 0 Å². The van der Waals surface area contributed by atoms with Gasteiger partial charge in [-0.2, -0.15) is 0 Å². The van der Waals surface area contributed by atoms with Crippen LogP contribution in [0.1, 0.15) is 22.4 Å². The van der Waals surface area contributed by atoms with E-state index >= 15 is 0 Å². The molecule has 0 aliphatic heterocycles. The third-order valence-electron chi connectivity index (χ3n) is 5.15. The number of rotatable bonds is 7. The quantitative estimate of drug-likeness (QED) is 0.253. The highest BCUT2D eigenvalue weighted by Gasteiger charge is 2.36. The van der Waals surface area contributed by atoms with Crippen molar-refractivity contribution in [2.45, 2.75) is 12.0 Å². The van der Waals surface area contributed by atoms with Crippen molar-refractivity contribution < 1.29 is 0 Å². The molecule has 0 fully saturated rings. The summed E-state index contributed by atoms with van der Waals surface area (Å²) in [5, 5.41) is 3.56. The summed E-state index contributed by atoms with van der Waals surface area (Å²) < 4.78 is 0. The van der Waals surface area contributed by atoms with Gasteiger partial charge in [0.05, 0.1) is 6.33 Å². The number of nitrogens with zero attached hydrogens (tertiary/aromatic N) is 2. The van der Waals surface area contributed by atoms with Gasteiger partial charge in [0, 0.05) is 24.9 Å². The van der Waals surface area contributed by atoms with Crippen LogP contribution < -0.4 is 11.1 Å². The Morgan fingerprint density at radius 3 is 1.77 bits per heavy atom. The average molecular weight is 396 g/mol. The molecule has 0 radical (unpaired) electrons. The van der Waals surface area contributed by atoms with E-state index in [9.17, 15) is 0 Å². The first-order chi connectivity index (χ1) is 14.8. The van der Waals surface area contributed by atoms with Crippen molar-refractivity contribution in [2.75, 3.05) is 6.54 Å². The summed E-state index contributed by atoms with van der Waals surface area (Å²) >= 11 is 0. The van der Waals surface area contributed by atoms with Crippen molar-refractivity contribution in [3.63, 3.8) is 0 Å². The Bertz CT molecular complexity index is 962. The average Bonchev–Trinajstić information content (AvgIpc) is 3.33. The summed E-state index contributed by atoms with van der Waals surface area (Å²) in [7, 11) is 0. The second kappa shape index (κ2) is 9.09. The molecule has 5 heteroatoms. The molecule has 150 valence electrons. The molecule has 0 saturated heterocycles. The molecule has 0 bridgehead atoms. The lowest BCUT2D eigenvalue weighted by atomic mass is 9.77. The van der Waals surface area contributed by atoms with E-state index in [1.165, 1.54) is 0 Å². The topological polar surface area (TPSA) is 79.1 Å². The smallest absolute Gasteiger partial charge is 0.189 e. The van der Waals surface area contributed by atoms with Gasteiger partial charge in [-0.1, -0.05) is 91.0 Å². The predicted molar refractivity (Wildman–Crippen MR) is 121 cm³/mol. The Morgan fingerprint density at radius 2 is 1.33 bits per heavy atom. The van der Waals surface area contributed by atoms with Crippen molar-refractivity contribution >= 4 is 5.96 Å². The number of aliphatic imine (C=N–C) groups is 1. The SMILES string of the molecule is NC(=NCCc1cnc[nH]1)NC(c1ccccc1)(c1ccccc1)c1ccccc1. The van der Waals surface area contributed by atoms with Gasteiger partial charge in [-0.15, -0.1) is 0 Å². The van der Waals surface area contributed by atoms with Crippen LogP contribution in [0.4, 0.5) is 0 Å². The maximum absolute atomic E-state index is 6.42. The highest BCUT2D eigenvalue weighted by Crippen LogP contribution is 2.36. The van der Waals surface area contributed by atoms with E-state index in [0.29, 0.717) is 12.5 Å². The lowest BCUT2D eigenvalue weighted by molar-refractivity contribution is 0.569. The van der Waals surface area contributed by atoms with Crippen LogP contribution in [0.25, 0.3) is 0 Å². The Hall–Kier alpha value is -3.86. The molecule has 0 atom stereocenters. The summed E-state index contributed by atoms with van der Waals surface area (Å²) in [6, 6.07) is 31.0. The molecular weight excluding hydrogens is 370 g/mol. The lowest BCUT2D eigenvalue weighted by Gasteiger charge is -2.37. The van der Waals surface area contributed by atoms with Gasteiger partial charge in [0.15, 0.2) is 5.96 Å². The minimum absolute atomic E-state index is 0.395. The standard InChI is InChI=1S/C25H25N5/c26-24(28-17-16-23-18-27-19-29-23)30-25(20-10-4-1-5-11-20,21-12-6-2-7-13-21)22-14-8-3-9-15-22/h1-15,18-19H,16-17H2,(H,27,29)(H3,26,28,30). The normalized spacial score (nSPS) is 11.9. The second-order valence-electron chi connectivity index (χ2n) is 7.07. The van der Waals surface area contributed by atoms with Crippen molar-refractivity contribution in [3.8, 4) is 0 Å². The molecule has 4 rings (SSSR count). The molecule has 0 aliphatic rings. The van der Waals surface area contributed by atoms with Crippen molar-refractivity contribution in [2.24, 2.45) is 10.7 Å². The van der Waals surface area contributed by atoms with Gasteiger partial charge in [-0.05, 0) is 16.7 Å². The highest BCUT2D eigenvalue weighted by molar-refractivity contribution is 5.80. The van der Waals surface area contributed by atoms with E-state index in [4.69, 9.17) is 5.73 Å². The Balaban J connectivity index is 1.76. The first kappa shape index (κ1) is 19.5. The van der Waals surface area contributed by atoms with E-state index in [-0.39, 0.29) is 0 Å². The lowest BCUT2D eigenvalue weighted by Crippen LogP contribution is -2.50.